The third-order valence-electron chi connectivity index (χ3n) is 4.30. The van der Waals surface area contributed by atoms with Gasteiger partial charge in [-0.3, -0.25) is 9.67 Å². The van der Waals surface area contributed by atoms with Gasteiger partial charge in [0.15, 0.2) is 5.96 Å². The van der Waals surface area contributed by atoms with E-state index in [0.29, 0.717) is 0 Å². The smallest absolute Gasteiger partial charge is 0.191 e. The first-order chi connectivity index (χ1) is 11.2. The van der Waals surface area contributed by atoms with E-state index in [1.807, 2.05) is 29.1 Å². The van der Waals surface area contributed by atoms with Gasteiger partial charge in [0, 0.05) is 43.0 Å². The average Bonchev–Trinajstić information content (AvgIpc) is 3.18. The van der Waals surface area contributed by atoms with Gasteiger partial charge >= 0.3 is 0 Å². The highest BCUT2D eigenvalue weighted by Crippen LogP contribution is 2.48. The predicted octanol–water partition coefficient (Wildman–Crippen LogP) is 2.43. The van der Waals surface area contributed by atoms with Crippen molar-refractivity contribution in [3.8, 4) is 0 Å². The van der Waals surface area contributed by atoms with Crippen LogP contribution in [-0.4, -0.2) is 35.9 Å². The molecule has 1 aromatic heterocycles. The molecule has 5 nitrogen and oxygen atoms in total. The van der Waals surface area contributed by atoms with Crippen LogP contribution in [0.2, 0.25) is 5.02 Å². The molecule has 0 unspecified atom stereocenters. The van der Waals surface area contributed by atoms with Crippen LogP contribution < -0.4 is 10.6 Å². The minimum atomic E-state index is 0.199. The molecule has 1 saturated carbocycles. The molecule has 1 aliphatic rings. The van der Waals surface area contributed by atoms with E-state index >= 15 is 0 Å². The fourth-order valence-electron chi connectivity index (χ4n) is 2.73. The minimum absolute atomic E-state index is 0.199. The fraction of sp³-hybridized carbons (Fsp3) is 0.412. The van der Waals surface area contributed by atoms with Crippen molar-refractivity contribution >= 4 is 17.6 Å². The molecule has 0 bridgehead atoms. The maximum absolute atomic E-state index is 6.12. The van der Waals surface area contributed by atoms with Crippen molar-refractivity contribution in [2.45, 2.75) is 24.8 Å². The van der Waals surface area contributed by atoms with Crippen molar-refractivity contribution in [1.82, 2.24) is 20.4 Å². The van der Waals surface area contributed by atoms with Crippen molar-refractivity contribution in [2.24, 2.45) is 4.99 Å². The van der Waals surface area contributed by atoms with E-state index in [0.717, 1.165) is 30.6 Å². The third kappa shape index (κ3) is 4.05. The van der Waals surface area contributed by atoms with E-state index < -0.39 is 0 Å². The maximum atomic E-state index is 6.12. The molecular weight excluding hydrogens is 310 g/mol. The Morgan fingerprint density at radius 1 is 1.35 bits per heavy atom. The van der Waals surface area contributed by atoms with Gasteiger partial charge in [0.25, 0.3) is 0 Å². The highest BCUT2D eigenvalue weighted by Gasteiger charge is 2.44. The second kappa shape index (κ2) is 7.04. The summed E-state index contributed by atoms with van der Waals surface area (Å²) in [4.78, 5) is 4.29. The van der Waals surface area contributed by atoms with Crippen molar-refractivity contribution in [2.75, 3.05) is 20.1 Å². The van der Waals surface area contributed by atoms with E-state index in [1.165, 1.54) is 18.4 Å². The summed E-state index contributed by atoms with van der Waals surface area (Å²) in [5.74, 6) is 0.824. The molecule has 1 heterocycles. The fourth-order valence-corrected chi connectivity index (χ4v) is 2.92. The number of nitrogens with zero attached hydrogens (tertiary/aromatic N) is 3. The summed E-state index contributed by atoms with van der Waals surface area (Å²) >= 11 is 6.12. The van der Waals surface area contributed by atoms with E-state index in [4.69, 9.17) is 11.6 Å². The van der Waals surface area contributed by atoms with Crippen molar-refractivity contribution in [3.63, 3.8) is 0 Å². The molecule has 3 rings (SSSR count). The minimum Gasteiger partial charge on any atom is -0.356 e. The zero-order valence-electron chi connectivity index (χ0n) is 13.3. The van der Waals surface area contributed by atoms with Gasteiger partial charge in [0.1, 0.15) is 0 Å². The number of hydrogen-bond acceptors (Lipinski definition) is 2. The van der Waals surface area contributed by atoms with E-state index in [-0.39, 0.29) is 5.41 Å². The summed E-state index contributed by atoms with van der Waals surface area (Å²) in [6.07, 6.45) is 6.11. The van der Waals surface area contributed by atoms with Crippen LogP contribution in [0.15, 0.2) is 47.7 Å². The number of aromatic nitrogens is 2. The summed E-state index contributed by atoms with van der Waals surface area (Å²) in [5, 5.41) is 11.7. The monoisotopic (exact) mass is 331 g/mol. The Hall–Kier alpha value is -2.01. The van der Waals surface area contributed by atoms with Gasteiger partial charge in [-0.05, 0) is 36.6 Å². The Balaban J connectivity index is 1.50. The molecule has 0 aliphatic heterocycles. The molecule has 2 N–H and O–H groups in total. The molecule has 1 fully saturated rings. The van der Waals surface area contributed by atoms with Crippen molar-refractivity contribution < 1.29 is 0 Å². The van der Waals surface area contributed by atoms with Gasteiger partial charge in [-0.25, -0.2) is 0 Å². The topological polar surface area (TPSA) is 54.2 Å². The SMILES string of the molecule is CN=C(NCCn1cccn1)NCC1(c2cccc(Cl)c2)CC1. The lowest BCUT2D eigenvalue weighted by atomic mass is 9.96. The first-order valence-corrected chi connectivity index (χ1v) is 8.28. The first-order valence-electron chi connectivity index (χ1n) is 7.90. The van der Waals surface area contributed by atoms with Gasteiger partial charge in [0.2, 0.25) is 0 Å². The van der Waals surface area contributed by atoms with Gasteiger partial charge in [-0.15, -0.1) is 0 Å². The Morgan fingerprint density at radius 3 is 2.87 bits per heavy atom. The molecule has 23 heavy (non-hydrogen) atoms. The lowest BCUT2D eigenvalue weighted by Crippen LogP contribution is -2.42. The van der Waals surface area contributed by atoms with Crippen LogP contribution in [0, 0.1) is 0 Å². The Kier molecular flexibility index (Phi) is 4.86. The second-order valence-corrected chi connectivity index (χ2v) is 6.35. The summed E-state index contributed by atoms with van der Waals surface area (Å²) in [5.41, 5.74) is 1.51. The summed E-state index contributed by atoms with van der Waals surface area (Å²) in [6.45, 7) is 2.47. The standard InChI is InChI=1S/C17H22ClN5/c1-19-16(20-9-11-23-10-3-8-22-23)21-13-17(6-7-17)14-4-2-5-15(18)12-14/h2-5,8,10,12H,6-7,9,11,13H2,1H3,(H2,19,20,21). The van der Waals surface area contributed by atoms with Gasteiger partial charge in [-0.1, -0.05) is 23.7 Å². The number of halogens is 1. The van der Waals surface area contributed by atoms with Crippen LogP contribution in [0.1, 0.15) is 18.4 Å². The summed E-state index contributed by atoms with van der Waals surface area (Å²) in [6, 6.07) is 10.1. The molecule has 0 radical (unpaired) electrons. The molecule has 0 saturated heterocycles. The molecule has 1 aromatic carbocycles. The van der Waals surface area contributed by atoms with Gasteiger partial charge in [-0.2, -0.15) is 5.10 Å². The molecular formula is C17H22ClN5. The van der Waals surface area contributed by atoms with E-state index in [1.54, 1.807) is 13.2 Å². The average molecular weight is 332 g/mol. The van der Waals surface area contributed by atoms with Crippen molar-refractivity contribution in [3.05, 3.63) is 53.3 Å². The number of nitrogens with one attached hydrogen (secondary N) is 2. The second-order valence-electron chi connectivity index (χ2n) is 5.91. The molecule has 6 heteroatoms. The van der Waals surface area contributed by atoms with Crippen LogP contribution in [-0.2, 0) is 12.0 Å². The zero-order valence-corrected chi connectivity index (χ0v) is 14.1. The Labute approximate surface area is 141 Å². The molecule has 0 amide bonds. The lowest BCUT2D eigenvalue weighted by molar-refractivity contribution is 0.590. The summed E-state index contributed by atoms with van der Waals surface area (Å²) in [7, 11) is 1.79. The number of guanidine groups is 1. The van der Waals surface area contributed by atoms with Crippen LogP contribution in [0.5, 0.6) is 0 Å². The number of benzene rings is 1. The molecule has 2 aromatic rings. The van der Waals surface area contributed by atoms with Gasteiger partial charge in [0.05, 0.1) is 6.54 Å². The predicted molar refractivity (Wildman–Crippen MR) is 94.0 cm³/mol. The molecule has 0 atom stereocenters. The van der Waals surface area contributed by atoms with Crippen LogP contribution in [0.4, 0.5) is 0 Å². The Morgan fingerprint density at radius 2 is 2.22 bits per heavy atom. The van der Waals surface area contributed by atoms with Gasteiger partial charge < -0.3 is 10.6 Å². The number of aliphatic imine (C=N–C) groups is 1. The highest BCUT2D eigenvalue weighted by atomic mass is 35.5. The van der Waals surface area contributed by atoms with Crippen LogP contribution >= 0.6 is 11.6 Å². The summed E-state index contributed by atoms with van der Waals surface area (Å²) < 4.78 is 1.90. The zero-order chi connectivity index (χ0) is 16.1. The Bertz CT molecular complexity index is 661. The van der Waals surface area contributed by atoms with Crippen molar-refractivity contribution in [1.29, 1.82) is 0 Å². The van der Waals surface area contributed by atoms with Crippen LogP contribution in [0.3, 0.4) is 0 Å². The molecule has 0 spiro atoms. The number of rotatable bonds is 6. The maximum Gasteiger partial charge on any atom is 0.191 e. The first kappa shape index (κ1) is 15.9. The third-order valence-corrected chi connectivity index (χ3v) is 4.54. The van der Waals surface area contributed by atoms with E-state index in [9.17, 15) is 0 Å². The van der Waals surface area contributed by atoms with Crippen LogP contribution in [0.25, 0.3) is 0 Å². The normalized spacial score (nSPS) is 16.2. The molecule has 1 aliphatic carbocycles. The highest BCUT2D eigenvalue weighted by molar-refractivity contribution is 6.30. The quantitative estimate of drug-likeness (QED) is 0.631. The van der Waals surface area contributed by atoms with E-state index in [2.05, 4.69) is 32.9 Å². The largest absolute Gasteiger partial charge is 0.356 e. The number of hydrogen-bond donors (Lipinski definition) is 2. The lowest BCUT2D eigenvalue weighted by Gasteiger charge is -2.19. The molecule has 122 valence electrons.